The lowest BCUT2D eigenvalue weighted by atomic mass is 10.2. The fourth-order valence-electron chi connectivity index (χ4n) is 1.94. The van der Waals surface area contributed by atoms with Gasteiger partial charge in [0.1, 0.15) is 18.1 Å². The molecular formula is C15H13FN6O3. The molecule has 0 unspecified atom stereocenters. The average molecular weight is 344 g/mol. The van der Waals surface area contributed by atoms with E-state index in [2.05, 4.69) is 26.0 Å². The van der Waals surface area contributed by atoms with E-state index in [1.165, 1.54) is 30.5 Å². The van der Waals surface area contributed by atoms with E-state index >= 15 is 0 Å². The number of hydrogen-bond donors (Lipinski definition) is 2. The van der Waals surface area contributed by atoms with Gasteiger partial charge in [0.05, 0.1) is 12.8 Å². The highest BCUT2D eigenvalue weighted by Crippen LogP contribution is 2.13. The van der Waals surface area contributed by atoms with Gasteiger partial charge in [0.15, 0.2) is 0 Å². The van der Waals surface area contributed by atoms with Crippen molar-refractivity contribution in [2.75, 3.05) is 0 Å². The first kappa shape index (κ1) is 16.3. The molecule has 0 saturated heterocycles. The summed E-state index contributed by atoms with van der Waals surface area (Å²) >= 11 is 0. The van der Waals surface area contributed by atoms with Gasteiger partial charge in [-0.05, 0) is 41.6 Å². The van der Waals surface area contributed by atoms with Gasteiger partial charge in [0.25, 0.3) is 5.91 Å². The minimum atomic E-state index is -0.666. The van der Waals surface area contributed by atoms with Crippen LogP contribution < -0.4 is 10.6 Å². The van der Waals surface area contributed by atoms with E-state index in [4.69, 9.17) is 4.42 Å². The summed E-state index contributed by atoms with van der Waals surface area (Å²) in [7, 11) is 0. The van der Waals surface area contributed by atoms with Crippen LogP contribution in [-0.4, -0.2) is 32.1 Å². The first-order chi connectivity index (χ1) is 12.1. The monoisotopic (exact) mass is 344 g/mol. The molecule has 1 aromatic carbocycles. The Morgan fingerprint density at radius 3 is 2.72 bits per heavy atom. The van der Waals surface area contributed by atoms with E-state index in [-0.39, 0.29) is 24.7 Å². The number of hydrogen-bond acceptors (Lipinski definition) is 6. The van der Waals surface area contributed by atoms with E-state index in [1.54, 1.807) is 12.1 Å². The number of benzene rings is 1. The van der Waals surface area contributed by atoms with Crippen LogP contribution >= 0.6 is 0 Å². The molecule has 0 saturated carbocycles. The van der Waals surface area contributed by atoms with Gasteiger partial charge in [-0.25, -0.2) is 9.18 Å². The number of urea groups is 1. The van der Waals surface area contributed by atoms with Crippen molar-refractivity contribution in [3.8, 4) is 11.4 Å². The topological polar surface area (TPSA) is 115 Å². The maximum absolute atomic E-state index is 12.9. The van der Waals surface area contributed by atoms with Crippen molar-refractivity contribution in [2.45, 2.75) is 13.1 Å². The third-order valence-corrected chi connectivity index (χ3v) is 3.10. The molecule has 9 nitrogen and oxygen atoms in total. The summed E-state index contributed by atoms with van der Waals surface area (Å²) in [5, 5.41) is 16.1. The van der Waals surface area contributed by atoms with E-state index in [1.807, 2.05) is 0 Å². The maximum atomic E-state index is 12.9. The number of carbonyl (C=O) groups excluding carboxylic acids is 2. The molecule has 128 valence electrons. The normalized spacial score (nSPS) is 10.4. The van der Waals surface area contributed by atoms with Crippen molar-refractivity contribution in [2.24, 2.45) is 0 Å². The number of carbonyl (C=O) groups is 2. The Morgan fingerprint density at radius 1 is 1.20 bits per heavy atom. The molecule has 0 bridgehead atoms. The SMILES string of the molecule is O=C(Cn1nnc(-c2ccc(F)cc2)n1)NC(=O)NCc1ccco1. The molecule has 10 heteroatoms. The maximum Gasteiger partial charge on any atom is 0.321 e. The van der Waals surface area contributed by atoms with Crippen LogP contribution in [0.4, 0.5) is 9.18 Å². The molecule has 0 radical (unpaired) electrons. The molecule has 2 N–H and O–H groups in total. The number of imide groups is 1. The number of halogens is 1. The lowest BCUT2D eigenvalue weighted by Crippen LogP contribution is -2.40. The quantitative estimate of drug-likeness (QED) is 0.716. The number of nitrogens with zero attached hydrogens (tertiary/aromatic N) is 4. The predicted octanol–water partition coefficient (Wildman–Crippen LogP) is 1.10. The third-order valence-electron chi connectivity index (χ3n) is 3.10. The summed E-state index contributed by atoms with van der Waals surface area (Å²) in [5.74, 6) is -0.185. The molecule has 2 aromatic heterocycles. The predicted molar refractivity (Wildman–Crippen MR) is 82.3 cm³/mol. The zero-order valence-corrected chi connectivity index (χ0v) is 12.8. The second-order valence-corrected chi connectivity index (χ2v) is 4.96. The number of aromatic nitrogens is 4. The molecule has 0 fully saturated rings. The summed E-state index contributed by atoms with van der Waals surface area (Å²) in [4.78, 5) is 24.4. The van der Waals surface area contributed by atoms with E-state index in [0.29, 0.717) is 11.3 Å². The summed E-state index contributed by atoms with van der Waals surface area (Å²) in [6, 6.07) is 8.25. The Labute approximate surface area is 140 Å². The molecule has 0 aliphatic heterocycles. The van der Waals surface area contributed by atoms with Gasteiger partial charge < -0.3 is 9.73 Å². The van der Waals surface area contributed by atoms with Crippen molar-refractivity contribution in [3.63, 3.8) is 0 Å². The lowest BCUT2D eigenvalue weighted by molar-refractivity contribution is -0.121. The van der Waals surface area contributed by atoms with Gasteiger partial charge in [0.2, 0.25) is 5.82 Å². The van der Waals surface area contributed by atoms with E-state index in [0.717, 1.165) is 4.80 Å². The zero-order chi connectivity index (χ0) is 17.6. The van der Waals surface area contributed by atoms with Gasteiger partial charge >= 0.3 is 6.03 Å². The first-order valence-electron chi connectivity index (χ1n) is 7.24. The second kappa shape index (κ2) is 7.34. The Kier molecular flexibility index (Phi) is 4.79. The fourth-order valence-corrected chi connectivity index (χ4v) is 1.94. The molecule has 3 amide bonds. The summed E-state index contributed by atoms with van der Waals surface area (Å²) in [6.45, 7) is -0.134. The Balaban J connectivity index is 1.51. The third kappa shape index (κ3) is 4.47. The van der Waals surface area contributed by atoms with Crippen molar-refractivity contribution in [3.05, 3.63) is 54.2 Å². The molecule has 0 aliphatic carbocycles. The second-order valence-electron chi connectivity index (χ2n) is 4.96. The largest absolute Gasteiger partial charge is 0.467 e. The average Bonchev–Trinajstić information content (AvgIpc) is 3.25. The molecule has 0 spiro atoms. The van der Waals surface area contributed by atoms with Gasteiger partial charge in [-0.3, -0.25) is 10.1 Å². The van der Waals surface area contributed by atoms with Crippen LogP contribution in [0.15, 0.2) is 47.1 Å². The van der Waals surface area contributed by atoms with Gasteiger partial charge in [-0.2, -0.15) is 4.80 Å². The summed E-state index contributed by atoms with van der Waals surface area (Å²) in [5.41, 5.74) is 0.559. The number of nitrogens with one attached hydrogen (secondary N) is 2. The van der Waals surface area contributed by atoms with Gasteiger partial charge in [0, 0.05) is 5.56 Å². The molecule has 0 aliphatic rings. The smallest absolute Gasteiger partial charge is 0.321 e. The number of rotatable bonds is 5. The number of tetrazole rings is 1. The van der Waals surface area contributed by atoms with Gasteiger partial charge in [-0.15, -0.1) is 10.2 Å². The van der Waals surface area contributed by atoms with Crippen LogP contribution in [-0.2, 0) is 17.9 Å². The Hall–Kier alpha value is -3.56. The summed E-state index contributed by atoms with van der Waals surface area (Å²) < 4.78 is 17.9. The lowest BCUT2D eigenvalue weighted by Gasteiger charge is -2.04. The molecule has 3 rings (SSSR count). The van der Waals surface area contributed by atoms with E-state index < -0.39 is 11.9 Å². The van der Waals surface area contributed by atoms with Crippen molar-refractivity contribution in [1.29, 1.82) is 0 Å². The highest BCUT2D eigenvalue weighted by atomic mass is 19.1. The molecule has 0 atom stereocenters. The van der Waals surface area contributed by atoms with E-state index in [9.17, 15) is 14.0 Å². The molecular weight excluding hydrogens is 331 g/mol. The van der Waals surface area contributed by atoms with Crippen LogP contribution in [0, 0.1) is 5.82 Å². The highest BCUT2D eigenvalue weighted by molar-refractivity contribution is 5.94. The van der Waals surface area contributed by atoms with Crippen LogP contribution in [0.3, 0.4) is 0 Å². The van der Waals surface area contributed by atoms with Gasteiger partial charge in [-0.1, -0.05) is 0 Å². The molecule has 3 aromatic rings. The Bertz CT molecular complexity index is 860. The van der Waals surface area contributed by atoms with Crippen LogP contribution in [0.1, 0.15) is 5.76 Å². The minimum Gasteiger partial charge on any atom is -0.467 e. The van der Waals surface area contributed by atoms with Crippen LogP contribution in [0.5, 0.6) is 0 Å². The van der Waals surface area contributed by atoms with Crippen LogP contribution in [0.25, 0.3) is 11.4 Å². The van der Waals surface area contributed by atoms with Crippen molar-refractivity contribution in [1.82, 2.24) is 30.8 Å². The summed E-state index contributed by atoms with van der Waals surface area (Å²) in [6.07, 6.45) is 1.48. The van der Waals surface area contributed by atoms with Crippen molar-refractivity contribution < 1.29 is 18.4 Å². The molecule has 2 heterocycles. The highest BCUT2D eigenvalue weighted by Gasteiger charge is 2.12. The fraction of sp³-hybridized carbons (Fsp3) is 0.133. The number of furan rings is 1. The Morgan fingerprint density at radius 2 is 2.00 bits per heavy atom. The van der Waals surface area contributed by atoms with Crippen LogP contribution in [0.2, 0.25) is 0 Å². The zero-order valence-electron chi connectivity index (χ0n) is 12.8. The molecule has 25 heavy (non-hydrogen) atoms. The van der Waals surface area contributed by atoms with Crippen molar-refractivity contribution >= 4 is 11.9 Å². The number of amides is 3. The standard InChI is InChI=1S/C15H13FN6O3/c16-11-5-3-10(4-6-11)14-19-21-22(20-14)9-13(23)18-15(24)17-8-12-2-1-7-25-12/h1-7H,8-9H2,(H2,17,18,23,24). The first-order valence-corrected chi connectivity index (χ1v) is 7.24. The minimum absolute atomic E-state index is 0.155.